The third kappa shape index (κ3) is 6.57. The zero-order valence-corrected chi connectivity index (χ0v) is 18.2. The molecule has 1 aliphatic carbocycles. The monoisotopic (exact) mass is 387 g/mol. The third-order valence-corrected chi connectivity index (χ3v) is 7.01. The van der Waals surface area contributed by atoms with Gasteiger partial charge in [0.1, 0.15) is 0 Å². The summed E-state index contributed by atoms with van der Waals surface area (Å²) in [4.78, 5) is 2.43. The Balaban J connectivity index is 1.36. The lowest BCUT2D eigenvalue weighted by molar-refractivity contribution is -0.0749. The van der Waals surface area contributed by atoms with Crippen molar-refractivity contribution in [3.05, 3.63) is 35.9 Å². The molecule has 1 aromatic carbocycles. The van der Waals surface area contributed by atoms with Gasteiger partial charge in [-0.15, -0.1) is 0 Å². The Bertz CT molecular complexity index is 553. The number of piperidine rings is 1. The van der Waals surface area contributed by atoms with Gasteiger partial charge in [0.15, 0.2) is 0 Å². The maximum atomic E-state index is 10.6. The molecule has 0 spiro atoms. The molecule has 3 nitrogen and oxygen atoms in total. The highest BCUT2D eigenvalue weighted by Crippen LogP contribution is 2.35. The predicted octanol–water partition coefficient (Wildman–Crippen LogP) is 4.78. The lowest BCUT2D eigenvalue weighted by atomic mass is 9.75. The van der Waals surface area contributed by atoms with Crippen molar-refractivity contribution in [3.8, 4) is 0 Å². The van der Waals surface area contributed by atoms with Crippen molar-refractivity contribution >= 4 is 0 Å². The molecule has 0 bridgehead atoms. The highest BCUT2D eigenvalue weighted by Gasteiger charge is 2.32. The van der Waals surface area contributed by atoms with Crippen molar-refractivity contribution < 1.29 is 9.84 Å². The van der Waals surface area contributed by atoms with Crippen molar-refractivity contribution in [1.82, 2.24) is 4.90 Å². The van der Waals surface area contributed by atoms with Crippen LogP contribution in [0.3, 0.4) is 0 Å². The Morgan fingerprint density at radius 2 is 1.79 bits per heavy atom. The molecule has 3 heteroatoms. The lowest BCUT2D eigenvalue weighted by Gasteiger charge is -2.38. The molecule has 1 aliphatic heterocycles. The van der Waals surface area contributed by atoms with Crippen LogP contribution >= 0.6 is 0 Å². The summed E-state index contributed by atoms with van der Waals surface area (Å²) in [7, 11) is 0. The second-order valence-corrected chi connectivity index (χ2v) is 9.79. The minimum Gasteiger partial charge on any atom is -0.389 e. The van der Waals surface area contributed by atoms with Crippen LogP contribution in [-0.4, -0.2) is 48.5 Å². The van der Waals surface area contributed by atoms with Crippen molar-refractivity contribution in [2.24, 2.45) is 23.7 Å². The topological polar surface area (TPSA) is 32.7 Å². The Kier molecular flexibility index (Phi) is 8.37. The molecule has 0 aromatic heterocycles. The van der Waals surface area contributed by atoms with Crippen LogP contribution in [0.4, 0.5) is 0 Å². The van der Waals surface area contributed by atoms with E-state index in [0.717, 1.165) is 37.9 Å². The van der Waals surface area contributed by atoms with Gasteiger partial charge in [-0.2, -0.15) is 0 Å². The molecule has 28 heavy (non-hydrogen) atoms. The molecule has 1 N–H and O–H groups in total. The van der Waals surface area contributed by atoms with Gasteiger partial charge in [0, 0.05) is 6.54 Å². The van der Waals surface area contributed by atoms with E-state index >= 15 is 0 Å². The van der Waals surface area contributed by atoms with Gasteiger partial charge in [0.25, 0.3) is 0 Å². The van der Waals surface area contributed by atoms with Gasteiger partial charge in [-0.3, -0.25) is 0 Å². The number of rotatable bonds is 8. The first kappa shape index (κ1) is 21.8. The van der Waals surface area contributed by atoms with Gasteiger partial charge >= 0.3 is 0 Å². The van der Waals surface area contributed by atoms with E-state index in [4.69, 9.17) is 4.74 Å². The molecule has 2 fully saturated rings. The molecule has 4 atom stereocenters. The number of hydrogen-bond acceptors (Lipinski definition) is 3. The van der Waals surface area contributed by atoms with Gasteiger partial charge in [0.2, 0.25) is 0 Å². The van der Waals surface area contributed by atoms with E-state index in [1.54, 1.807) is 0 Å². The average Bonchev–Trinajstić information content (AvgIpc) is 2.68. The van der Waals surface area contributed by atoms with Crippen LogP contribution in [-0.2, 0) is 11.2 Å². The van der Waals surface area contributed by atoms with Crippen LogP contribution < -0.4 is 0 Å². The molecular weight excluding hydrogens is 346 g/mol. The standard InChI is InChI=1S/C25H41NO2/c1-19(2)24-10-9-20(3)15-25(24)28-18-23(27)17-26-13-11-22(12-14-26)16-21-7-5-4-6-8-21/h4-8,19-20,22-25,27H,9-18H2,1-3H3/t20-,23+,24+,25+/m0/s1. The molecule has 1 heterocycles. The first-order valence-corrected chi connectivity index (χ1v) is 11.6. The Morgan fingerprint density at radius 1 is 1.07 bits per heavy atom. The van der Waals surface area contributed by atoms with Crippen molar-refractivity contribution in [2.45, 2.75) is 71.5 Å². The normalized spacial score (nSPS) is 28.5. The largest absolute Gasteiger partial charge is 0.389 e. The summed E-state index contributed by atoms with van der Waals surface area (Å²) in [6.45, 7) is 10.4. The van der Waals surface area contributed by atoms with E-state index in [2.05, 4.69) is 56.0 Å². The number of hydrogen-bond donors (Lipinski definition) is 1. The first-order valence-electron chi connectivity index (χ1n) is 11.6. The molecule has 0 amide bonds. The van der Waals surface area contributed by atoms with Gasteiger partial charge in [0.05, 0.1) is 18.8 Å². The Hall–Kier alpha value is -0.900. The fourth-order valence-corrected chi connectivity index (χ4v) is 5.21. The van der Waals surface area contributed by atoms with E-state index in [1.807, 2.05) is 0 Å². The van der Waals surface area contributed by atoms with Crippen LogP contribution in [0.1, 0.15) is 58.4 Å². The van der Waals surface area contributed by atoms with Crippen molar-refractivity contribution in [3.63, 3.8) is 0 Å². The van der Waals surface area contributed by atoms with E-state index in [-0.39, 0.29) is 6.10 Å². The van der Waals surface area contributed by atoms with Crippen molar-refractivity contribution in [1.29, 1.82) is 0 Å². The predicted molar refractivity (Wildman–Crippen MR) is 116 cm³/mol. The zero-order chi connectivity index (χ0) is 19.9. The summed E-state index contributed by atoms with van der Waals surface area (Å²) in [5.74, 6) is 2.85. The number of β-amino-alcohol motifs (C(OH)–C–C–N with tert-alkyl or cyclic N) is 1. The molecule has 1 saturated heterocycles. The maximum Gasteiger partial charge on any atom is 0.0900 e. The summed E-state index contributed by atoms with van der Waals surface area (Å²) >= 11 is 0. The molecule has 1 saturated carbocycles. The minimum atomic E-state index is -0.365. The smallest absolute Gasteiger partial charge is 0.0900 e. The summed E-state index contributed by atoms with van der Waals surface area (Å²) < 4.78 is 6.25. The fraction of sp³-hybridized carbons (Fsp3) is 0.760. The number of likely N-dealkylation sites (tertiary alicyclic amines) is 1. The molecule has 3 rings (SSSR count). The van der Waals surface area contributed by atoms with Gasteiger partial charge in [-0.05, 0) is 74.4 Å². The fourth-order valence-electron chi connectivity index (χ4n) is 5.21. The Labute approximate surface area is 172 Å². The summed E-state index contributed by atoms with van der Waals surface area (Å²) in [6.07, 6.45) is 7.37. The highest BCUT2D eigenvalue weighted by molar-refractivity contribution is 5.15. The highest BCUT2D eigenvalue weighted by atomic mass is 16.5. The minimum absolute atomic E-state index is 0.329. The number of ether oxygens (including phenoxy) is 1. The second-order valence-electron chi connectivity index (χ2n) is 9.79. The molecule has 0 radical (unpaired) electrons. The van der Waals surface area contributed by atoms with Crippen LogP contribution in [0.25, 0.3) is 0 Å². The van der Waals surface area contributed by atoms with E-state index < -0.39 is 0 Å². The molecule has 1 aromatic rings. The second kappa shape index (κ2) is 10.8. The van der Waals surface area contributed by atoms with E-state index in [1.165, 1.54) is 37.7 Å². The lowest BCUT2D eigenvalue weighted by Crippen LogP contribution is -2.42. The molecular formula is C25H41NO2. The van der Waals surface area contributed by atoms with Gasteiger partial charge < -0.3 is 14.7 Å². The van der Waals surface area contributed by atoms with Crippen molar-refractivity contribution in [2.75, 3.05) is 26.2 Å². The molecule has 158 valence electrons. The third-order valence-electron chi connectivity index (χ3n) is 7.01. The van der Waals surface area contributed by atoms with Gasteiger partial charge in [-0.25, -0.2) is 0 Å². The summed E-state index contributed by atoms with van der Waals surface area (Å²) in [6, 6.07) is 10.8. The van der Waals surface area contributed by atoms with E-state index in [9.17, 15) is 5.11 Å². The van der Waals surface area contributed by atoms with Gasteiger partial charge in [-0.1, -0.05) is 57.5 Å². The SMILES string of the molecule is CC(C)[C@H]1CC[C@H](C)C[C@H]1OC[C@H](O)CN1CCC(Cc2ccccc2)CC1. The molecule has 0 unspecified atom stereocenters. The summed E-state index contributed by atoms with van der Waals surface area (Å²) in [5, 5.41) is 10.6. The molecule has 2 aliphatic rings. The number of aliphatic hydroxyl groups is 1. The zero-order valence-electron chi connectivity index (χ0n) is 18.2. The first-order chi connectivity index (χ1) is 13.5. The van der Waals surface area contributed by atoms with Crippen LogP contribution in [0, 0.1) is 23.7 Å². The number of aliphatic hydroxyl groups excluding tert-OH is 1. The maximum absolute atomic E-state index is 10.6. The summed E-state index contributed by atoms with van der Waals surface area (Å²) in [5.41, 5.74) is 1.45. The Morgan fingerprint density at radius 3 is 2.46 bits per heavy atom. The average molecular weight is 388 g/mol. The van der Waals surface area contributed by atoms with Crippen LogP contribution in [0.2, 0.25) is 0 Å². The number of nitrogens with zero attached hydrogens (tertiary/aromatic N) is 1. The van der Waals surface area contributed by atoms with E-state index in [0.29, 0.717) is 24.5 Å². The quantitative estimate of drug-likeness (QED) is 0.697. The van der Waals surface area contributed by atoms with Crippen LogP contribution in [0.15, 0.2) is 30.3 Å². The van der Waals surface area contributed by atoms with Crippen LogP contribution in [0.5, 0.6) is 0 Å². The number of benzene rings is 1.